The van der Waals surface area contributed by atoms with E-state index in [1.807, 2.05) is 44.2 Å². The highest BCUT2D eigenvalue weighted by Crippen LogP contribution is 2.24. The fourth-order valence-corrected chi connectivity index (χ4v) is 2.94. The van der Waals surface area contributed by atoms with Gasteiger partial charge < -0.3 is 9.73 Å². The minimum atomic E-state index is -0.781. The highest BCUT2D eigenvalue weighted by molar-refractivity contribution is 6.30. The van der Waals surface area contributed by atoms with Crippen molar-refractivity contribution in [1.29, 1.82) is 0 Å². The van der Waals surface area contributed by atoms with Gasteiger partial charge in [-0.3, -0.25) is 4.79 Å². The van der Waals surface area contributed by atoms with Crippen LogP contribution in [0.1, 0.15) is 27.6 Å². The zero-order valence-electron chi connectivity index (χ0n) is 14.0. The van der Waals surface area contributed by atoms with E-state index in [1.54, 1.807) is 12.1 Å². The average molecular weight is 356 g/mol. The second-order valence-corrected chi connectivity index (χ2v) is 6.40. The molecule has 5 heteroatoms. The number of halogens is 1. The Morgan fingerprint density at radius 3 is 2.60 bits per heavy atom. The van der Waals surface area contributed by atoms with Crippen LogP contribution >= 0.6 is 11.6 Å². The maximum atomic E-state index is 12.3. The number of aryl methyl sites for hydroxylation is 2. The van der Waals surface area contributed by atoms with Gasteiger partial charge in [0.25, 0.3) is 0 Å². The zero-order chi connectivity index (χ0) is 18.0. The lowest BCUT2D eigenvalue weighted by Crippen LogP contribution is -2.27. The molecule has 1 heterocycles. The summed E-state index contributed by atoms with van der Waals surface area (Å²) >= 11 is 6.23. The topological polar surface area (TPSA) is 59.3 Å². The standard InChI is InChI=1S/C20H18ClNO3/c1-12-8-9-16-15(10-17(23)25-19(16)13(12)2)11-22-20(24)18(21)14-6-4-3-5-7-14/h3-10,18H,11H2,1-2H3,(H,22,24). The summed E-state index contributed by atoms with van der Waals surface area (Å²) in [6.07, 6.45) is 0. The van der Waals surface area contributed by atoms with Crippen LogP contribution in [0.15, 0.2) is 57.7 Å². The SMILES string of the molecule is Cc1ccc2c(CNC(=O)C(Cl)c3ccccc3)cc(=O)oc2c1C. The quantitative estimate of drug-likeness (QED) is 0.568. The van der Waals surface area contributed by atoms with Crippen LogP contribution in [-0.4, -0.2) is 5.91 Å². The molecule has 0 saturated heterocycles. The van der Waals surface area contributed by atoms with E-state index in [0.717, 1.165) is 22.1 Å². The molecule has 0 saturated carbocycles. The number of carbonyl (C=O) groups excluding carboxylic acids is 1. The maximum absolute atomic E-state index is 12.3. The summed E-state index contributed by atoms with van der Waals surface area (Å²) in [6, 6.07) is 14.4. The summed E-state index contributed by atoms with van der Waals surface area (Å²) in [6.45, 7) is 4.08. The number of hydrogen-bond acceptors (Lipinski definition) is 3. The first kappa shape index (κ1) is 17.2. The molecule has 3 rings (SSSR count). The van der Waals surface area contributed by atoms with Crippen LogP contribution in [0.4, 0.5) is 0 Å². The molecule has 0 aliphatic rings. The summed E-state index contributed by atoms with van der Waals surface area (Å²) in [4.78, 5) is 24.2. The largest absolute Gasteiger partial charge is 0.422 e. The van der Waals surface area contributed by atoms with Crippen LogP contribution in [0, 0.1) is 13.8 Å². The van der Waals surface area contributed by atoms with Gasteiger partial charge in [-0.05, 0) is 36.1 Å². The number of alkyl halides is 1. The molecular formula is C20H18ClNO3. The molecule has 25 heavy (non-hydrogen) atoms. The van der Waals surface area contributed by atoms with E-state index >= 15 is 0 Å². The Balaban J connectivity index is 1.85. The van der Waals surface area contributed by atoms with Crippen molar-refractivity contribution in [2.24, 2.45) is 0 Å². The molecule has 1 N–H and O–H groups in total. The van der Waals surface area contributed by atoms with Crippen molar-refractivity contribution < 1.29 is 9.21 Å². The van der Waals surface area contributed by atoms with Gasteiger partial charge in [0.05, 0.1) is 0 Å². The van der Waals surface area contributed by atoms with E-state index in [-0.39, 0.29) is 12.5 Å². The zero-order valence-corrected chi connectivity index (χ0v) is 14.8. The van der Waals surface area contributed by atoms with E-state index in [0.29, 0.717) is 11.1 Å². The van der Waals surface area contributed by atoms with Gasteiger partial charge in [-0.1, -0.05) is 42.5 Å². The third-order valence-corrected chi connectivity index (χ3v) is 4.74. The molecule has 1 aromatic heterocycles. The number of carbonyl (C=O) groups is 1. The molecule has 0 aliphatic heterocycles. The summed E-state index contributed by atoms with van der Waals surface area (Å²) < 4.78 is 5.34. The Morgan fingerprint density at radius 2 is 1.88 bits per heavy atom. The number of benzene rings is 2. The van der Waals surface area contributed by atoms with Gasteiger partial charge in [-0.2, -0.15) is 0 Å². The molecule has 0 spiro atoms. The van der Waals surface area contributed by atoms with Gasteiger partial charge in [0, 0.05) is 18.0 Å². The molecule has 0 fully saturated rings. The van der Waals surface area contributed by atoms with Crippen LogP contribution in [0.5, 0.6) is 0 Å². The van der Waals surface area contributed by atoms with Crippen molar-refractivity contribution >= 4 is 28.5 Å². The Morgan fingerprint density at radius 1 is 1.16 bits per heavy atom. The van der Waals surface area contributed by atoms with E-state index < -0.39 is 11.0 Å². The van der Waals surface area contributed by atoms with Crippen LogP contribution in [-0.2, 0) is 11.3 Å². The molecule has 2 aromatic carbocycles. The predicted octanol–water partition coefficient (Wildman–Crippen LogP) is 4.01. The third-order valence-electron chi connectivity index (χ3n) is 4.29. The first-order valence-electron chi connectivity index (χ1n) is 7.97. The Kier molecular flexibility index (Phi) is 4.91. The summed E-state index contributed by atoms with van der Waals surface area (Å²) in [7, 11) is 0. The van der Waals surface area contributed by atoms with Gasteiger partial charge in [0.15, 0.2) is 0 Å². The highest BCUT2D eigenvalue weighted by atomic mass is 35.5. The minimum Gasteiger partial charge on any atom is -0.422 e. The first-order valence-corrected chi connectivity index (χ1v) is 8.40. The van der Waals surface area contributed by atoms with Crippen LogP contribution in [0.3, 0.4) is 0 Å². The van der Waals surface area contributed by atoms with Crippen LogP contribution < -0.4 is 10.9 Å². The minimum absolute atomic E-state index is 0.208. The van der Waals surface area contributed by atoms with Crippen molar-refractivity contribution in [3.8, 4) is 0 Å². The lowest BCUT2D eigenvalue weighted by atomic mass is 10.0. The molecule has 3 aromatic rings. The number of nitrogens with one attached hydrogen (secondary N) is 1. The molecule has 0 bridgehead atoms. The van der Waals surface area contributed by atoms with Crippen molar-refractivity contribution in [3.63, 3.8) is 0 Å². The van der Waals surface area contributed by atoms with E-state index in [9.17, 15) is 9.59 Å². The van der Waals surface area contributed by atoms with Gasteiger partial charge in [0.1, 0.15) is 11.0 Å². The lowest BCUT2D eigenvalue weighted by Gasteiger charge is -2.12. The molecule has 0 aliphatic carbocycles. The van der Waals surface area contributed by atoms with E-state index in [2.05, 4.69) is 5.32 Å². The Hall–Kier alpha value is -2.59. The number of rotatable bonds is 4. The normalized spacial score (nSPS) is 12.1. The van der Waals surface area contributed by atoms with Gasteiger partial charge in [0.2, 0.25) is 5.91 Å². The number of fused-ring (bicyclic) bond motifs is 1. The number of amides is 1. The van der Waals surface area contributed by atoms with Gasteiger partial charge >= 0.3 is 5.63 Å². The highest BCUT2D eigenvalue weighted by Gasteiger charge is 2.18. The molecule has 128 valence electrons. The summed E-state index contributed by atoms with van der Waals surface area (Å²) in [5.74, 6) is -0.307. The molecule has 4 nitrogen and oxygen atoms in total. The lowest BCUT2D eigenvalue weighted by molar-refractivity contribution is -0.121. The van der Waals surface area contributed by atoms with Crippen LogP contribution in [0.25, 0.3) is 11.0 Å². The first-order chi connectivity index (χ1) is 12.0. The van der Waals surface area contributed by atoms with Gasteiger partial charge in [-0.15, -0.1) is 11.6 Å². The second-order valence-electron chi connectivity index (χ2n) is 5.97. The monoisotopic (exact) mass is 355 g/mol. The Labute approximate surface area is 150 Å². The van der Waals surface area contributed by atoms with Gasteiger partial charge in [-0.25, -0.2) is 4.79 Å². The van der Waals surface area contributed by atoms with Crippen LogP contribution in [0.2, 0.25) is 0 Å². The molecule has 0 radical (unpaired) electrons. The fourth-order valence-electron chi connectivity index (χ4n) is 2.72. The molecular weight excluding hydrogens is 338 g/mol. The van der Waals surface area contributed by atoms with E-state index in [4.69, 9.17) is 16.0 Å². The molecule has 1 atom stereocenters. The Bertz CT molecular complexity index is 979. The van der Waals surface area contributed by atoms with Crippen molar-refractivity contribution in [2.75, 3.05) is 0 Å². The maximum Gasteiger partial charge on any atom is 0.336 e. The average Bonchev–Trinajstić information content (AvgIpc) is 2.63. The predicted molar refractivity (Wildman–Crippen MR) is 98.8 cm³/mol. The van der Waals surface area contributed by atoms with E-state index in [1.165, 1.54) is 6.07 Å². The second kappa shape index (κ2) is 7.11. The fraction of sp³-hybridized carbons (Fsp3) is 0.200. The smallest absolute Gasteiger partial charge is 0.336 e. The summed E-state index contributed by atoms with van der Waals surface area (Å²) in [5, 5.41) is 2.83. The van der Waals surface area contributed by atoms with Crippen molar-refractivity contribution in [3.05, 3.63) is 81.2 Å². The molecule has 1 amide bonds. The van der Waals surface area contributed by atoms with Crippen molar-refractivity contribution in [1.82, 2.24) is 5.32 Å². The number of hydrogen-bond donors (Lipinski definition) is 1. The molecule has 1 unspecified atom stereocenters. The summed E-state index contributed by atoms with van der Waals surface area (Å²) in [5.41, 5.74) is 3.52. The van der Waals surface area contributed by atoms with Crippen molar-refractivity contribution in [2.45, 2.75) is 25.8 Å². The third kappa shape index (κ3) is 3.59.